The van der Waals surface area contributed by atoms with Crippen LogP contribution in [0.2, 0.25) is 0 Å². The Morgan fingerprint density at radius 1 is 1.53 bits per heavy atom. The molecule has 0 bridgehead atoms. The second-order valence-electron chi connectivity index (χ2n) is 4.20. The van der Waals surface area contributed by atoms with Crippen LogP contribution in [0.1, 0.15) is 43.1 Å². The lowest BCUT2D eigenvalue weighted by atomic mass is 10.1. The number of nitriles is 1. The first-order valence-electron chi connectivity index (χ1n) is 6.24. The summed E-state index contributed by atoms with van der Waals surface area (Å²) in [5.41, 5.74) is 0.884. The maximum atomic E-state index is 11.7. The highest BCUT2D eigenvalue weighted by molar-refractivity contribution is 5.94. The van der Waals surface area contributed by atoms with Crippen molar-refractivity contribution in [1.29, 1.82) is 5.26 Å². The van der Waals surface area contributed by atoms with E-state index in [9.17, 15) is 9.90 Å². The van der Waals surface area contributed by atoms with Gasteiger partial charge in [-0.15, -0.1) is 0 Å². The van der Waals surface area contributed by atoms with E-state index in [4.69, 9.17) is 10.00 Å². The van der Waals surface area contributed by atoms with Crippen molar-refractivity contribution in [2.45, 2.75) is 33.2 Å². The summed E-state index contributed by atoms with van der Waals surface area (Å²) in [4.78, 5) is 11.7. The Bertz CT molecular complexity index is 506. The summed E-state index contributed by atoms with van der Waals surface area (Å²) >= 11 is 0. The van der Waals surface area contributed by atoms with Crippen LogP contribution < -0.4 is 5.32 Å². The maximum absolute atomic E-state index is 11.7. The lowest BCUT2D eigenvalue weighted by Crippen LogP contribution is -2.15. The lowest BCUT2D eigenvalue weighted by Gasteiger charge is -2.15. The molecule has 0 fully saturated rings. The predicted octanol–water partition coefficient (Wildman–Crippen LogP) is 2.65. The standard InChI is InChI=1S/C14H18N2O3/c1-4-9(3)16-12-7-11(14(18)19-5-2)13(17)6-10(12)8-15/h6-7,9,16-17H,4-5H2,1-3H3/t9-/m1/s1. The number of benzene rings is 1. The van der Waals surface area contributed by atoms with Crippen molar-refractivity contribution in [3.8, 4) is 11.8 Å². The van der Waals surface area contributed by atoms with E-state index in [1.807, 2.05) is 19.9 Å². The number of nitrogens with zero attached hydrogens (tertiary/aromatic N) is 1. The molecule has 1 aromatic carbocycles. The van der Waals surface area contributed by atoms with Crippen molar-refractivity contribution in [3.05, 3.63) is 23.3 Å². The van der Waals surface area contributed by atoms with Gasteiger partial charge in [-0.25, -0.2) is 4.79 Å². The molecular weight excluding hydrogens is 244 g/mol. The molecule has 0 radical (unpaired) electrons. The monoisotopic (exact) mass is 262 g/mol. The zero-order valence-corrected chi connectivity index (χ0v) is 11.4. The van der Waals surface area contributed by atoms with E-state index in [1.54, 1.807) is 6.92 Å². The van der Waals surface area contributed by atoms with Gasteiger partial charge < -0.3 is 15.2 Å². The van der Waals surface area contributed by atoms with E-state index in [-0.39, 0.29) is 24.0 Å². The minimum absolute atomic E-state index is 0.0617. The first-order valence-corrected chi connectivity index (χ1v) is 6.24. The van der Waals surface area contributed by atoms with Crippen molar-refractivity contribution in [3.63, 3.8) is 0 Å². The van der Waals surface area contributed by atoms with Crippen molar-refractivity contribution in [1.82, 2.24) is 0 Å². The number of nitrogens with one attached hydrogen (secondary N) is 1. The summed E-state index contributed by atoms with van der Waals surface area (Å²) in [6.07, 6.45) is 0.875. The molecule has 102 valence electrons. The third kappa shape index (κ3) is 3.62. The van der Waals surface area contributed by atoms with Crippen LogP contribution in [0.5, 0.6) is 5.75 Å². The first-order chi connectivity index (χ1) is 9.03. The molecular formula is C14H18N2O3. The molecule has 1 aromatic rings. The van der Waals surface area contributed by atoms with Crippen molar-refractivity contribution >= 4 is 11.7 Å². The summed E-state index contributed by atoms with van der Waals surface area (Å²) in [7, 11) is 0. The zero-order valence-electron chi connectivity index (χ0n) is 11.4. The number of esters is 1. The van der Waals surface area contributed by atoms with E-state index in [2.05, 4.69) is 5.32 Å². The number of rotatable bonds is 5. The Morgan fingerprint density at radius 2 is 2.21 bits per heavy atom. The van der Waals surface area contributed by atoms with Crippen LogP contribution in [0, 0.1) is 11.3 Å². The highest BCUT2D eigenvalue weighted by Crippen LogP contribution is 2.27. The van der Waals surface area contributed by atoms with E-state index in [0.717, 1.165) is 6.42 Å². The fraction of sp³-hybridized carbons (Fsp3) is 0.429. The van der Waals surface area contributed by atoms with Crippen molar-refractivity contribution < 1.29 is 14.6 Å². The van der Waals surface area contributed by atoms with Gasteiger partial charge in [0.2, 0.25) is 0 Å². The van der Waals surface area contributed by atoms with Gasteiger partial charge in [0, 0.05) is 12.1 Å². The van der Waals surface area contributed by atoms with Crippen molar-refractivity contribution in [2.24, 2.45) is 0 Å². The molecule has 0 aromatic heterocycles. The topological polar surface area (TPSA) is 82.3 Å². The third-order valence-electron chi connectivity index (χ3n) is 2.77. The van der Waals surface area contributed by atoms with E-state index >= 15 is 0 Å². The largest absolute Gasteiger partial charge is 0.507 e. The summed E-state index contributed by atoms with van der Waals surface area (Å²) in [6, 6.07) is 4.88. The van der Waals surface area contributed by atoms with Gasteiger partial charge in [0.25, 0.3) is 0 Å². The highest BCUT2D eigenvalue weighted by atomic mass is 16.5. The quantitative estimate of drug-likeness (QED) is 0.629. The Balaban J connectivity index is 3.18. The van der Waals surface area contributed by atoms with Gasteiger partial charge in [-0.3, -0.25) is 0 Å². The van der Waals surface area contributed by atoms with E-state index in [1.165, 1.54) is 12.1 Å². The van der Waals surface area contributed by atoms with Gasteiger partial charge in [-0.05, 0) is 26.3 Å². The molecule has 1 rings (SSSR count). The summed E-state index contributed by atoms with van der Waals surface area (Å²) in [6.45, 7) is 5.90. The highest BCUT2D eigenvalue weighted by Gasteiger charge is 2.17. The average molecular weight is 262 g/mol. The smallest absolute Gasteiger partial charge is 0.341 e. The molecule has 5 heteroatoms. The van der Waals surface area contributed by atoms with Crippen LogP contribution in [0.4, 0.5) is 5.69 Å². The van der Waals surface area contributed by atoms with Crippen LogP contribution in [0.15, 0.2) is 12.1 Å². The van der Waals surface area contributed by atoms with Gasteiger partial charge in [-0.1, -0.05) is 6.92 Å². The minimum atomic E-state index is -0.600. The average Bonchev–Trinajstić information content (AvgIpc) is 2.40. The number of ether oxygens (including phenoxy) is 1. The molecule has 0 aliphatic carbocycles. The normalized spacial score (nSPS) is 11.5. The van der Waals surface area contributed by atoms with Crippen LogP contribution in [0.25, 0.3) is 0 Å². The first kappa shape index (κ1) is 14.8. The molecule has 2 N–H and O–H groups in total. The number of carbonyl (C=O) groups excluding carboxylic acids is 1. The molecule has 0 aliphatic rings. The Morgan fingerprint density at radius 3 is 2.74 bits per heavy atom. The Hall–Kier alpha value is -2.22. The number of hydrogen-bond donors (Lipinski definition) is 2. The van der Waals surface area contributed by atoms with Gasteiger partial charge in [0.15, 0.2) is 0 Å². The van der Waals surface area contributed by atoms with Gasteiger partial charge in [-0.2, -0.15) is 5.26 Å². The van der Waals surface area contributed by atoms with Crippen LogP contribution in [-0.4, -0.2) is 23.7 Å². The number of hydrogen-bond acceptors (Lipinski definition) is 5. The van der Waals surface area contributed by atoms with Crippen LogP contribution in [-0.2, 0) is 4.74 Å². The summed E-state index contributed by atoms with van der Waals surface area (Å²) < 4.78 is 4.86. The number of phenols is 1. The minimum Gasteiger partial charge on any atom is -0.507 e. The number of carbonyl (C=O) groups is 1. The number of phenolic OH excluding ortho intramolecular Hbond substituents is 1. The van der Waals surface area contributed by atoms with Gasteiger partial charge in [0.05, 0.1) is 17.9 Å². The SMILES string of the molecule is CCOC(=O)c1cc(N[C@H](C)CC)c(C#N)cc1O. The summed E-state index contributed by atoms with van der Waals surface area (Å²) in [5.74, 6) is -0.846. The zero-order chi connectivity index (χ0) is 14.4. The second-order valence-corrected chi connectivity index (χ2v) is 4.20. The lowest BCUT2D eigenvalue weighted by molar-refractivity contribution is 0.0523. The summed E-state index contributed by atoms with van der Waals surface area (Å²) in [5, 5.41) is 21.9. The van der Waals surface area contributed by atoms with Gasteiger partial charge in [0.1, 0.15) is 17.4 Å². The van der Waals surface area contributed by atoms with Gasteiger partial charge >= 0.3 is 5.97 Å². The van der Waals surface area contributed by atoms with E-state index in [0.29, 0.717) is 11.3 Å². The molecule has 1 atom stereocenters. The van der Waals surface area contributed by atoms with Crippen LogP contribution in [0.3, 0.4) is 0 Å². The molecule has 0 aliphatic heterocycles. The molecule has 0 amide bonds. The molecule has 0 saturated carbocycles. The molecule has 0 spiro atoms. The maximum Gasteiger partial charge on any atom is 0.341 e. The fourth-order valence-corrected chi connectivity index (χ4v) is 1.54. The van der Waals surface area contributed by atoms with Crippen molar-refractivity contribution in [2.75, 3.05) is 11.9 Å². The predicted molar refractivity (Wildman–Crippen MR) is 72.2 cm³/mol. The number of anilines is 1. The molecule has 0 heterocycles. The molecule has 0 unspecified atom stereocenters. The molecule has 0 saturated heterocycles. The Labute approximate surface area is 112 Å². The van der Waals surface area contributed by atoms with Crippen LogP contribution >= 0.6 is 0 Å². The second kappa shape index (κ2) is 6.64. The Kier molecular flexibility index (Phi) is 5.19. The number of aromatic hydroxyl groups is 1. The van der Waals surface area contributed by atoms with E-state index < -0.39 is 5.97 Å². The molecule has 5 nitrogen and oxygen atoms in total. The third-order valence-corrected chi connectivity index (χ3v) is 2.77. The fourth-order valence-electron chi connectivity index (χ4n) is 1.54. The molecule has 19 heavy (non-hydrogen) atoms.